The zero-order valence-electron chi connectivity index (χ0n) is 14.4. The van der Waals surface area contributed by atoms with Gasteiger partial charge in [0.05, 0.1) is 11.4 Å². The van der Waals surface area contributed by atoms with Gasteiger partial charge in [0.2, 0.25) is 15.9 Å². The Morgan fingerprint density at radius 1 is 1.28 bits per heavy atom. The summed E-state index contributed by atoms with van der Waals surface area (Å²) in [7, 11) is -0.341. The summed E-state index contributed by atoms with van der Waals surface area (Å²) in [4.78, 5) is 14.3. The third-order valence-electron chi connectivity index (χ3n) is 4.34. The van der Waals surface area contributed by atoms with E-state index in [2.05, 4.69) is 5.32 Å². The van der Waals surface area contributed by atoms with Crippen LogP contribution in [0.15, 0.2) is 29.2 Å². The second-order valence-electron chi connectivity index (χ2n) is 6.10. The van der Waals surface area contributed by atoms with E-state index in [-0.39, 0.29) is 29.8 Å². The van der Waals surface area contributed by atoms with Crippen LogP contribution >= 0.6 is 24.0 Å². The maximum atomic E-state index is 12.5. The second kappa shape index (κ2) is 9.73. The predicted octanol–water partition coefficient (Wildman–Crippen LogP) is 1.84. The monoisotopic (exact) mass is 409 g/mol. The number of carbonyl (C=O) groups is 1. The average molecular weight is 410 g/mol. The summed E-state index contributed by atoms with van der Waals surface area (Å²) < 4.78 is 26.1. The van der Waals surface area contributed by atoms with Crippen LogP contribution in [-0.4, -0.2) is 63.8 Å². The topological polar surface area (TPSA) is 69.7 Å². The molecule has 0 radical (unpaired) electrons. The van der Waals surface area contributed by atoms with E-state index in [9.17, 15) is 13.2 Å². The van der Waals surface area contributed by atoms with Crippen molar-refractivity contribution in [2.45, 2.75) is 17.7 Å². The third-order valence-corrected chi connectivity index (χ3v) is 6.41. The van der Waals surface area contributed by atoms with Crippen molar-refractivity contribution in [1.29, 1.82) is 0 Å². The van der Waals surface area contributed by atoms with Crippen LogP contribution in [0, 0.1) is 5.92 Å². The summed E-state index contributed by atoms with van der Waals surface area (Å²) >= 11 is 5.79. The molecule has 1 aliphatic rings. The normalized spacial score (nSPS) is 15.9. The van der Waals surface area contributed by atoms with Crippen LogP contribution in [0.4, 0.5) is 0 Å². The van der Waals surface area contributed by atoms with Crippen LogP contribution in [-0.2, 0) is 14.8 Å². The van der Waals surface area contributed by atoms with Crippen molar-refractivity contribution in [3.8, 4) is 0 Å². The highest BCUT2D eigenvalue weighted by molar-refractivity contribution is 7.89. The minimum atomic E-state index is -3.69. The van der Waals surface area contributed by atoms with Crippen molar-refractivity contribution in [3.05, 3.63) is 29.3 Å². The van der Waals surface area contributed by atoms with E-state index in [1.807, 2.05) is 7.05 Å². The molecule has 0 spiro atoms. The van der Waals surface area contributed by atoms with Gasteiger partial charge in [-0.25, -0.2) is 8.42 Å². The number of likely N-dealkylation sites (tertiary alicyclic amines) is 1. The Balaban J connectivity index is 0.00000312. The number of likely N-dealkylation sites (N-methyl/N-ethyl adjacent to an activating group) is 1. The molecule has 0 aliphatic carbocycles. The molecule has 1 heterocycles. The Morgan fingerprint density at radius 3 is 2.36 bits per heavy atom. The minimum absolute atomic E-state index is 0. The van der Waals surface area contributed by atoms with Gasteiger partial charge < -0.3 is 10.2 Å². The molecule has 0 bridgehead atoms. The van der Waals surface area contributed by atoms with Gasteiger partial charge in [0.15, 0.2) is 0 Å². The van der Waals surface area contributed by atoms with E-state index in [1.54, 1.807) is 4.90 Å². The fourth-order valence-electron chi connectivity index (χ4n) is 2.84. The molecular formula is C16H25Cl2N3O3S. The van der Waals surface area contributed by atoms with Crippen LogP contribution in [0.3, 0.4) is 0 Å². The van der Waals surface area contributed by atoms with Gasteiger partial charge in [0.25, 0.3) is 0 Å². The lowest BCUT2D eigenvalue weighted by molar-refractivity contribution is -0.132. The molecule has 1 aliphatic heterocycles. The van der Waals surface area contributed by atoms with Gasteiger partial charge in [-0.1, -0.05) is 11.6 Å². The van der Waals surface area contributed by atoms with Gasteiger partial charge in [-0.2, -0.15) is 4.31 Å². The highest BCUT2D eigenvalue weighted by atomic mass is 35.5. The largest absolute Gasteiger partial charge is 0.342 e. The van der Waals surface area contributed by atoms with Gasteiger partial charge in [0.1, 0.15) is 0 Å². The number of nitrogens with one attached hydrogen (secondary N) is 1. The Labute approximate surface area is 161 Å². The summed E-state index contributed by atoms with van der Waals surface area (Å²) in [5.41, 5.74) is 0. The van der Waals surface area contributed by atoms with Gasteiger partial charge in [0, 0.05) is 25.2 Å². The van der Waals surface area contributed by atoms with E-state index in [0.717, 1.165) is 23.7 Å². The maximum Gasteiger partial charge on any atom is 0.243 e. The number of benzene rings is 1. The van der Waals surface area contributed by atoms with Crippen molar-refractivity contribution in [2.75, 3.05) is 40.3 Å². The molecule has 1 aromatic carbocycles. The molecule has 1 amide bonds. The van der Waals surface area contributed by atoms with Crippen molar-refractivity contribution in [3.63, 3.8) is 0 Å². The molecule has 6 nitrogen and oxygen atoms in total. The number of nitrogens with zero attached hydrogens (tertiary/aromatic N) is 2. The van der Waals surface area contributed by atoms with E-state index in [0.29, 0.717) is 24.0 Å². The lowest BCUT2D eigenvalue weighted by atomic mass is 9.97. The molecule has 1 aromatic rings. The van der Waals surface area contributed by atoms with Crippen LogP contribution in [0.2, 0.25) is 5.02 Å². The molecule has 1 saturated heterocycles. The molecule has 25 heavy (non-hydrogen) atoms. The predicted molar refractivity (Wildman–Crippen MR) is 102 cm³/mol. The van der Waals surface area contributed by atoms with Crippen LogP contribution < -0.4 is 5.32 Å². The zero-order chi connectivity index (χ0) is 17.7. The first-order valence-corrected chi connectivity index (χ1v) is 9.80. The number of sulfonamides is 1. The molecule has 2 rings (SSSR count). The first-order chi connectivity index (χ1) is 11.3. The van der Waals surface area contributed by atoms with E-state index in [4.69, 9.17) is 11.6 Å². The van der Waals surface area contributed by atoms with E-state index >= 15 is 0 Å². The fourth-order valence-corrected chi connectivity index (χ4v) is 4.08. The summed E-state index contributed by atoms with van der Waals surface area (Å²) in [6.07, 6.45) is 1.89. The highest BCUT2D eigenvalue weighted by Gasteiger charge is 2.27. The quantitative estimate of drug-likeness (QED) is 0.777. The lowest BCUT2D eigenvalue weighted by Crippen LogP contribution is -2.45. The first kappa shape index (κ1) is 22.2. The maximum absolute atomic E-state index is 12.5. The SMILES string of the molecule is CNCC1CCN(C(=O)CN(C)S(=O)(=O)c2ccc(Cl)cc2)CC1.Cl. The molecule has 1 fully saturated rings. The van der Waals surface area contributed by atoms with E-state index < -0.39 is 10.0 Å². The van der Waals surface area contributed by atoms with E-state index in [1.165, 1.54) is 31.3 Å². The number of carbonyl (C=O) groups excluding carboxylic acids is 1. The molecule has 0 atom stereocenters. The first-order valence-electron chi connectivity index (χ1n) is 7.99. The zero-order valence-corrected chi connectivity index (χ0v) is 16.8. The Bertz CT molecular complexity index is 660. The smallest absolute Gasteiger partial charge is 0.243 e. The summed E-state index contributed by atoms with van der Waals surface area (Å²) in [6.45, 7) is 2.16. The lowest BCUT2D eigenvalue weighted by Gasteiger charge is -2.32. The van der Waals surface area contributed by atoms with Crippen molar-refractivity contribution < 1.29 is 13.2 Å². The molecular weight excluding hydrogens is 385 g/mol. The number of hydrogen-bond acceptors (Lipinski definition) is 4. The average Bonchev–Trinajstić information content (AvgIpc) is 2.56. The molecule has 0 aromatic heterocycles. The number of amides is 1. The number of halogens is 2. The summed E-state index contributed by atoms with van der Waals surface area (Å²) in [5, 5.41) is 3.62. The van der Waals surface area contributed by atoms with Gasteiger partial charge in [-0.3, -0.25) is 4.79 Å². The molecule has 142 valence electrons. The highest BCUT2D eigenvalue weighted by Crippen LogP contribution is 2.19. The van der Waals surface area contributed by atoms with Crippen molar-refractivity contribution >= 4 is 39.9 Å². The molecule has 1 N–H and O–H groups in total. The van der Waals surface area contributed by atoms with Crippen molar-refractivity contribution in [1.82, 2.24) is 14.5 Å². The molecule has 0 unspecified atom stereocenters. The fraction of sp³-hybridized carbons (Fsp3) is 0.562. The van der Waals surface area contributed by atoms with Crippen LogP contribution in [0.25, 0.3) is 0 Å². The summed E-state index contributed by atoms with van der Waals surface area (Å²) in [5.74, 6) is 0.424. The standard InChI is InChI=1S/C16H24ClN3O3S.ClH/c1-18-11-13-7-9-20(10-8-13)16(21)12-19(2)24(22,23)15-5-3-14(17)4-6-15;/h3-6,13,18H,7-12H2,1-2H3;1H. The number of hydrogen-bond donors (Lipinski definition) is 1. The number of rotatable bonds is 6. The number of piperidine rings is 1. The van der Waals surface area contributed by atoms with Crippen molar-refractivity contribution in [2.24, 2.45) is 5.92 Å². The Morgan fingerprint density at radius 2 is 1.84 bits per heavy atom. The van der Waals surface area contributed by atoms with Gasteiger partial charge in [-0.15, -0.1) is 12.4 Å². The Kier molecular flexibility index (Phi) is 8.63. The van der Waals surface area contributed by atoms with Crippen LogP contribution in [0.5, 0.6) is 0 Å². The van der Waals surface area contributed by atoms with Gasteiger partial charge in [-0.05, 0) is 56.6 Å². The minimum Gasteiger partial charge on any atom is -0.342 e. The summed E-state index contributed by atoms with van der Waals surface area (Å²) in [6, 6.07) is 5.94. The third kappa shape index (κ3) is 5.82. The molecule has 0 saturated carbocycles. The molecule has 9 heteroatoms. The van der Waals surface area contributed by atoms with Gasteiger partial charge >= 0.3 is 0 Å². The van der Waals surface area contributed by atoms with Crippen LogP contribution in [0.1, 0.15) is 12.8 Å². The Hall–Kier alpha value is -0.860. The second-order valence-corrected chi connectivity index (χ2v) is 8.58.